The van der Waals surface area contributed by atoms with Gasteiger partial charge in [-0.15, -0.1) is 13.2 Å². The Kier molecular flexibility index (Phi) is 9.52. The maximum Gasteiger partial charge on any atom is 0.331 e. The summed E-state index contributed by atoms with van der Waals surface area (Å²) in [6, 6.07) is 10.4. The molecule has 11 heteroatoms. The molecule has 0 fully saturated rings. The zero-order valence-corrected chi connectivity index (χ0v) is 21.8. The van der Waals surface area contributed by atoms with E-state index in [4.69, 9.17) is 13.9 Å². The van der Waals surface area contributed by atoms with Crippen molar-refractivity contribution in [3.63, 3.8) is 0 Å². The second kappa shape index (κ2) is 12.6. The SMILES string of the molecule is C=CCOP(=O)(CC/C(=N\OC(C)=O)c1ccc2c(c1)c1cc([N+](=O)[O-])ccc1n2CCC)OCC=C. The van der Waals surface area contributed by atoms with Gasteiger partial charge in [-0.3, -0.25) is 14.7 Å². The number of aryl methyl sites for hydroxylation is 1. The molecule has 3 aromatic rings. The third-order valence-electron chi connectivity index (χ3n) is 5.52. The van der Waals surface area contributed by atoms with Gasteiger partial charge in [0.05, 0.1) is 30.0 Å². The van der Waals surface area contributed by atoms with Crippen LogP contribution in [-0.4, -0.2) is 40.5 Å². The summed E-state index contributed by atoms with van der Waals surface area (Å²) in [7, 11) is -3.53. The molecule has 10 nitrogen and oxygen atoms in total. The first-order chi connectivity index (χ1) is 17.7. The van der Waals surface area contributed by atoms with Crippen LogP contribution in [0.4, 0.5) is 5.69 Å². The van der Waals surface area contributed by atoms with E-state index in [0.717, 1.165) is 34.8 Å². The van der Waals surface area contributed by atoms with Crippen molar-refractivity contribution in [2.45, 2.75) is 33.2 Å². The van der Waals surface area contributed by atoms with Gasteiger partial charge in [-0.2, -0.15) is 0 Å². The molecule has 0 N–H and O–H groups in total. The van der Waals surface area contributed by atoms with Gasteiger partial charge in [0.2, 0.25) is 0 Å². The number of rotatable bonds is 14. The minimum atomic E-state index is -3.53. The monoisotopic (exact) mass is 527 g/mol. The molecule has 0 amide bonds. The molecular weight excluding hydrogens is 497 g/mol. The van der Waals surface area contributed by atoms with Crippen LogP contribution in [0.3, 0.4) is 0 Å². The van der Waals surface area contributed by atoms with Crippen LogP contribution in [0.15, 0.2) is 66.9 Å². The Labute approximate surface area is 214 Å². The smallest absolute Gasteiger partial charge is 0.331 e. The maximum atomic E-state index is 13.2. The van der Waals surface area contributed by atoms with E-state index in [0.29, 0.717) is 11.3 Å². The molecule has 2 aromatic carbocycles. The van der Waals surface area contributed by atoms with Gasteiger partial charge in [0.1, 0.15) is 0 Å². The Balaban J connectivity index is 2.09. The fraction of sp³-hybridized carbons (Fsp3) is 0.308. The number of benzene rings is 2. The summed E-state index contributed by atoms with van der Waals surface area (Å²) < 4.78 is 26.2. The Morgan fingerprint density at radius 2 is 1.73 bits per heavy atom. The van der Waals surface area contributed by atoms with Gasteiger partial charge in [0.15, 0.2) is 0 Å². The van der Waals surface area contributed by atoms with Crippen LogP contribution >= 0.6 is 7.60 Å². The zero-order valence-electron chi connectivity index (χ0n) is 20.9. The number of hydrogen-bond acceptors (Lipinski definition) is 8. The molecule has 0 radical (unpaired) electrons. The molecule has 37 heavy (non-hydrogen) atoms. The van der Waals surface area contributed by atoms with Crippen molar-refractivity contribution in [2.75, 3.05) is 19.4 Å². The molecule has 1 heterocycles. The highest BCUT2D eigenvalue weighted by Crippen LogP contribution is 2.49. The Hall–Kier alpha value is -3.59. The van der Waals surface area contributed by atoms with E-state index >= 15 is 0 Å². The van der Waals surface area contributed by atoms with E-state index in [-0.39, 0.29) is 31.5 Å². The number of oxime groups is 1. The van der Waals surface area contributed by atoms with Crippen LogP contribution in [0.2, 0.25) is 0 Å². The highest BCUT2D eigenvalue weighted by molar-refractivity contribution is 7.53. The van der Waals surface area contributed by atoms with Crippen molar-refractivity contribution >= 4 is 46.8 Å². The molecule has 0 spiro atoms. The molecular formula is C26H30N3O7P. The second-order valence-electron chi connectivity index (χ2n) is 8.22. The first-order valence-electron chi connectivity index (χ1n) is 11.8. The highest BCUT2D eigenvalue weighted by Gasteiger charge is 2.25. The molecule has 3 rings (SSSR count). The average Bonchev–Trinajstić information content (AvgIpc) is 3.18. The van der Waals surface area contributed by atoms with Gasteiger partial charge in [0, 0.05) is 59.4 Å². The lowest BCUT2D eigenvalue weighted by atomic mass is 10.0. The molecule has 0 bridgehead atoms. The molecule has 0 saturated carbocycles. The summed E-state index contributed by atoms with van der Waals surface area (Å²) in [4.78, 5) is 27.4. The Morgan fingerprint density at radius 1 is 1.11 bits per heavy atom. The summed E-state index contributed by atoms with van der Waals surface area (Å²) >= 11 is 0. The van der Waals surface area contributed by atoms with Gasteiger partial charge >= 0.3 is 13.6 Å². The van der Waals surface area contributed by atoms with E-state index in [2.05, 4.69) is 29.8 Å². The second-order valence-corrected chi connectivity index (χ2v) is 10.4. The van der Waals surface area contributed by atoms with Crippen LogP contribution in [0.1, 0.15) is 32.3 Å². The maximum absolute atomic E-state index is 13.2. The van der Waals surface area contributed by atoms with Crippen LogP contribution < -0.4 is 0 Å². The lowest BCUT2D eigenvalue weighted by molar-refractivity contribution is -0.384. The molecule has 0 atom stereocenters. The predicted molar refractivity (Wildman–Crippen MR) is 144 cm³/mol. The van der Waals surface area contributed by atoms with E-state index in [1.807, 2.05) is 18.2 Å². The van der Waals surface area contributed by atoms with Crippen LogP contribution in [0.5, 0.6) is 0 Å². The number of fused-ring (bicyclic) bond motifs is 3. The average molecular weight is 528 g/mol. The number of aromatic nitrogens is 1. The normalized spacial score (nSPS) is 12.1. The zero-order chi connectivity index (χ0) is 27.0. The fourth-order valence-corrected chi connectivity index (χ4v) is 5.44. The van der Waals surface area contributed by atoms with Crippen molar-refractivity contribution in [1.29, 1.82) is 0 Å². The third kappa shape index (κ3) is 6.80. The molecule has 0 saturated heterocycles. The predicted octanol–water partition coefficient (Wildman–Crippen LogP) is 6.37. The Morgan fingerprint density at radius 3 is 2.30 bits per heavy atom. The minimum absolute atomic E-state index is 0.0121. The van der Waals surface area contributed by atoms with Crippen molar-refractivity contribution in [2.24, 2.45) is 5.16 Å². The summed E-state index contributed by atoms with van der Waals surface area (Å²) in [5.41, 5.74) is 2.72. The fourth-order valence-electron chi connectivity index (χ4n) is 3.95. The van der Waals surface area contributed by atoms with Gasteiger partial charge in [-0.25, -0.2) is 4.79 Å². The van der Waals surface area contributed by atoms with E-state index in [1.165, 1.54) is 25.1 Å². The van der Waals surface area contributed by atoms with Crippen LogP contribution in [0, 0.1) is 10.1 Å². The first-order valence-corrected chi connectivity index (χ1v) is 13.5. The van der Waals surface area contributed by atoms with E-state index in [1.54, 1.807) is 12.1 Å². The Bertz CT molecular complexity index is 1390. The summed E-state index contributed by atoms with van der Waals surface area (Å²) in [6.45, 7) is 11.2. The molecule has 1 aromatic heterocycles. The minimum Gasteiger partial charge on any atom is -0.340 e. The van der Waals surface area contributed by atoms with Crippen molar-refractivity contribution < 1.29 is 28.2 Å². The van der Waals surface area contributed by atoms with Gasteiger partial charge in [-0.05, 0) is 24.6 Å². The lowest BCUT2D eigenvalue weighted by Gasteiger charge is -2.17. The summed E-state index contributed by atoms with van der Waals surface area (Å²) in [6.07, 6.45) is 3.89. The van der Waals surface area contributed by atoms with Crippen molar-refractivity contribution in [1.82, 2.24) is 4.57 Å². The third-order valence-corrected chi connectivity index (χ3v) is 7.38. The molecule has 0 aliphatic heterocycles. The summed E-state index contributed by atoms with van der Waals surface area (Å²) in [5, 5.41) is 17.0. The number of carbonyl (C=O) groups excluding carboxylic acids is 1. The number of non-ortho nitro benzene ring substituents is 1. The largest absolute Gasteiger partial charge is 0.340 e. The number of nitro groups is 1. The van der Waals surface area contributed by atoms with Crippen molar-refractivity contribution in [3.05, 3.63) is 77.4 Å². The highest BCUT2D eigenvalue weighted by atomic mass is 31.2. The quantitative estimate of drug-likeness (QED) is 0.0596. The van der Waals surface area contributed by atoms with Gasteiger partial charge in [-0.1, -0.05) is 30.3 Å². The summed E-state index contributed by atoms with van der Waals surface area (Å²) in [5.74, 6) is -0.609. The number of hydrogen-bond donors (Lipinski definition) is 0. The van der Waals surface area contributed by atoms with Crippen molar-refractivity contribution in [3.8, 4) is 0 Å². The first kappa shape index (κ1) is 28.0. The molecule has 196 valence electrons. The lowest BCUT2D eigenvalue weighted by Crippen LogP contribution is -2.09. The molecule has 0 aliphatic rings. The number of nitro benzene ring substituents is 1. The van der Waals surface area contributed by atoms with Crippen LogP contribution in [-0.2, 0) is 29.8 Å². The molecule has 0 unspecified atom stereocenters. The van der Waals surface area contributed by atoms with Gasteiger partial charge < -0.3 is 18.5 Å². The number of nitrogens with zero attached hydrogens (tertiary/aromatic N) is 3. The standard InChI is InChI=1S/C26H30N3O7P/c1-5-13-28-25-10-8-20(17-22(25)23-18-21(29(31)32)9-11-26(23)28)24(27-36-19(4)30)12-16-37(33,34-14-6-2)35-15-7-3/h6-11,17-18H,2-3,5,12-16H2,1,4H3/b27-24+. The number of carbonyl (C=O) groups is 1. The van der Waals surface area contributed by atoms with E-state index in [9.17, 15) is 19.5 Å². The molecule has 0 aliphatic carbocycles. The van der Waals surface area contributed by atoms with Gasteiger partial charge in [0.25, 0.3) is 5.69 Å². The van der Waals surface area contributed by atoms with E-state index < -0.39 is 18.5 Å². The van der Waals surface area contributed by atoms with Crippen LogP contribution in [0.25, 0.3) is 21.8 Å². The topological polar surface area (TPSA) is 122 Å².